The van der Waals surface area contributed by atoms with E-state index in [0.29, 0.717) is 32.0 Å². The number of hydrogen-bond acceptors (Lipinski definition) is 4. The Morgan fingerprint density at radius 1 is 1.00 bits per heavy atom. The molecular formula is C13H16O4. The van der Waals surface area contributed by atoms with E-state index in [1.54, 1.807) is 0 Å². The number of rotatable bonds is 7. The topological polar surface area (TPSA) is 43.5 Å². The van der Waals surface area contributed by atoms with Gasteiger partial charge in [0.2, 0.25) is 0 Å². The Kier molecular flexibility index (Phi) is 3.27. The Morgan fingerprint density at radius 3 is 2.29 bits per heavy atom. The van der Waals surface area contributed by atoms with E-state index in [4.69, 9.17) is 18.9 Å². The maximum absolute atomic E-state index is 5.55. The number of ether oxygens (including phenoxy) is 4. The zero-order valence-corrected chi connectivity index (χ0v) is 9.63. The van der Waals surface area contributed by atoms with Gasteiger partial charge in [0.15, 0.2) is 0 Å². The number of epoxide rings is 2. The van der Waals surface area contributed by atoms with Gasteiger partial charge in [-0.1, -0.05) is 12.1 Å². The standard InChI is InChI=1S/C13H16O4/c1-3-11(15-8-13-9-17-13)4-2-10(1)5-14-6-12-7-16-12/h1-4,12-13H,5-9H2/t12-,13?/m1/s1. The summed E-state index contributed by atoms with van der Waals surface area (Å²) < 4.78 is 21.2. The SMILES string of the molecule is c1cc(OCC2CO2)ccc1COC[C@@H]1CO1. The van der Waals surface area contributed by atoms with Gasteiger partial charge in [0.05, 0.1) is 26.4 Å². The van der Waals surface area contributed by atoms with Crippen molar-refractivity contribution < 1.29 is 18.9 Å². The average Bonchev–Trinajstić information content (AvgIpc) is 3.23. The lowest BCUT2D eigenvalue weighted by Crippen LogP contribution is -2.04. The zero-order chi connectivity index (χ0) is 11.5. The maximum Gasteiger partial charge on any atom is 0.119 e. The third-order valence-corrected chi connectivity index (χ3v) is 2.74. The van der Waals surface area contributed by atoms with Crippen LogP contribution in [0.1, 0.15) is 5.56 Å². The molecule has 2 heterocycles. The van der Waals surface area contributed by atoms with Gasteiger partial charge in [0, 0.05) is 0 Å². The molecule has 0 amide bonds. The van der Waals surface area contributed by atoms with E-state index in [1.165, 1.54) is 0 Å². The summed E-state index contributed by atoms with van der Waals surface area (Å²) in [5.74, 6) is 0.884. The minimum absolute atomic E-state index is 0.302. The van der Waals surface area contributed by atoms with Crippen molar-refractivity contribution in [2.24, 2.45) is 0 Å². The van der Waals surface area contributed by atoms with Gasteiger partial charge in [0.25, 0.3) is 0 Å². The molecule has 4 heteroatoms. The van der Waals surface area contributed by atoms with E-state index < -0.39 is 0 Å². The summed E-state index contributed by atoms with van der Waals surface area (Å²) in [6.45, 7) is 3.64. The molecule has 0 radical (unpaired) electrons. The molecule has 0 bridgehead atoms. The van der Waals surface area contributed by atoms with Crippen LogP contribution in [0.3, 0.4) is 0 Å². The first-order valence-electron chi connectivity index (χ1n) is 5.93. The van der Waals surface area contributed by atoms with Crippen LogP contribution >= 0.6 is 0 Å². The first-order chi connectivity index (χ1) is 8.40. The molecule has 92 valence electrons. The van der Waals surface area contributed by atoms with E-state index in [2.05, 4.69) is 0 Å². The second-order valence-corrected chi connectivity index (χ2v) is 4.38. The van der Waals surface area contributed by atoms with Crippen LogP contribution in [0.4, 0.5) is 0 Å². The van der Waals surface area contributed by atoms with E-state index in [9.17, 15) is 0 Å². The first kappa shape index (κ1) is 11.0. The van der Waals surface area contributed by atoms with Crippen LogP contribution in [-0.2, 0) is 20.8 Å². The summed E-state index contributed by atoms with van der Waals surface area (Å²) in [6.07, 6.45) is 0.632. The lowest BCUT2D eigenvalue weighted by atomic mass is 10.2. The zero-order valence-electron chi connectivity index (χ0n) is 9.63. The summed E-state index contributed by atoms with van der Waals surface area (Å²) in [7, 11) is 0. The Morgan fingerprint density at radius 2 is 1.65 bits per heavy atom. The molecule has 2 saturated heterocycles. The molecular weight excluding hydrogens is 220 g/mol. The first-order valence-corrected chi connectivity index (χ1v) is 5.93. The molecule has 0 aliphatic carbocycles. The number of hydrogen-bond donors (Lipinski definition) is 0. The molecule has 1 unspecified atom stereocenters. The molecule has 4 nitrogen and oxygen atoms in total. The molecule has 2 aliphatic rings. The molecule has 0 spiro atoms. The second kappa shape index (κ2) is 5.04. The predicted molar refractivity (Wildman–Crippen MR) is 61.1 cm³/mol. The fourth-order valence-corrected chi connectivity index (χ4v) is 1.51. The highest BCUT2D eigenvalue weighted by Crippen LogP contribution is 2.16. The van der Waals surface area contributed by atoms with Crippen molar-refractivity contribution in [3.63, 3.8) is 0 Å². The van der Waals surface area contributed by atoms with Crippen LogP contribution in [0.2, 0.25) is 0 Å². The van der Waals surface area contributed by atoms with Gasteiger partial charge in [-0.05, 0) is 17.7 Å². The maximum atomic E-state index is 5.55. The molecule has 1 aromatic carbocycles. The highest BCUT2D eigenvalue weighted by Gasteiger charge is 2.23. The van der Waals surface area contributed by atoms with Crippen molar-refractivity contribution in [1.29, 1.82) is 0 Å². The van der Waals surface area contributed by atoms with Gasteiger partial charge in [-0.3, -0.25) is 0 Å². The molecule has 2 aliphatic heterocycles. The predicted octanol–water partition coefficient (Wildman–Crippen LogP) is 1.38. The van der Waals surface area contributed by atoms with Gasteiger partial charge < -0.3 is 18.9 Å². The molecule has 1 aromatic rings. The molecule has 2 fully saturated rings. The van der Waals surface area contributed by atoms with Gasteiger partial charge in [0.1, 0.15) is 24.6 Å². The van der Waals surface area contributed by atoms with E-state index in [-0.39, 0.29) is 0 Å². The molecule has 0 saturated carbocycles. The van der Waals surface area contributed by atoms with Crippen LogP contribution in [-0.4, -0.2) is 38.6 Å². The summed E-state index contributed by atoms with van der Waals surface area (Å²) in [5, 5.41) is 0. The van der Waals surface area contributed by atoms with Gasteiger partial charge in [-0.25, -0.2) is 0 Å². The molecule has 0 aromatic heterocycles. The Bertz CT molecular complexity index is 354. The molecule has 3 rings (SSSR count). The Hall–Kier alpha value is -1.10. The third-order valence-electron chi connectivity index (χ3n) is 2.74. The highest BCUT2D eigenvalue weighted by molar-refractivity contribution is 5.26. The highest BCUT2D eigenvalue weighted by atomic mass is 16.6. The van der Waals surface area contributed by atoms with Crippen molar-refractivity contribution in [3.05, 3.63) is 29.8 Å². The third kappa shape index (κ3) is 3.70. The van der Waals surface area contributed by atoms with Crippen LogP contribution in [0.15, 0.2) is 24.3 Å². The lowest BCUT2D eigenvalue weighted by Gasteiger charge is -2.06. The van der Waals surface area contributed by atoms with Crippen LogP contribution in [0.5, 0.6) is 5.75 Å². The van der Waals surface area contributed by atoms with Gasteiger partial charge >= 0.3 is 0 Å². The molecule has 17 heavy (non-hydrogen) atoms. The summed E-state index contributed by atoms with van der Waals surface area (Å²) in [4.78, 5) is 0. The van der Waals surface area contributed by atoms with E-state index in [0.717, 1.165) is 24.5 Å². The van der Waals surface area contributed by atoms with E-state index in [1.807, 2.05) is 24.3 Å². The van der Waals surface area contributed by atoms with Crippen molar-refractivity contribution in [1.82, 2.24) is 0 Å². The Balaban J connectivity index is 1.41. The summed E-state index contributed by atoms with van der Waals surface area (Å²) in [5.41, 5.74) is 1.15. The van der Waals surface area contributed by atoms with Crippen LogP contribution in [0, 0.1) is 0 Å². The quantitative estimate of drug-likeness (QED) is 0.671. The van der Waals surface area contributed by atoms with Crippen LogP contribution < -0.4 is 4.74 Å². The largest absolute Gasteiger partial charge is 0.491 e. The van der Waals surface area contributed by atoms with Crippen molar-refractivity contribution in [3.8, 4) is 5.75 Å². The summed E-state index contributed by atoms with van der Waals surface area (Å²) >= 11 is 0. The van der Waals surface area contributed by atoms with E-state index >= 15 is 0 Å². The fraction of sp³-hybridized carbons (Fsp3) is 0.538. The minimum Gasteiger partial charge on any atom is -0.491 e. The van der Waals surface area contributed by atoms with Crippen molar-refractivity contribution in [2.45, 2.75) is 18.8 Å². The van der Waals surface area contributed by atoms with Crippen molar-refractivity contribution >= 4 is 0 Å². The fourth-order valence-electron chi connectivity index (χ4n) is 1.51. The Labute approximate surface area is 100 Å². The molecule has 2 atom stereocenters. The molecule has 0 N–H and O–H groups in total. The van der Waals surface area contributed by atoms with Gasteiger partial charge in [-0.2, -0.15) is 0 Å². The smallest absolute Gasteiger partial charge is 0.119 e. The average molecular weight is 236 g/mol. The summed E-state index contributed by atoms with van der Waals surface area (Å²) in [6, 6.07) is 7.98. The number of benzene rings is 1. The second-order valence-electron chi connectivity index (χ2n) is 4.38. The minimum atomic E-state index is 0.302. The van der Waals surface area contributed by atoms with Crippen LogP contribution in [0.25, 0.3) is 0 Å². The monoisotopic (exact) mass is 236 g/mol. The van der Waals surface area contributed by atoms with Gasteiger partial charge in [-0.15, -0.1) is 0 Å². The lowest BCUT2D eigenvalue weighted by molar-refractivity contribution is 0.104. The van der Waals surface area contributed by atoms with Crippen molar-refractivity contribution in [2.75, 3.05) is 26.4 Å². The normalized spacial score (nSPS) is 25.6.